The molecule has 0 amide bonds. The molecular weight excluding hydrogens is 394 g/mol. The number of aromatic nitrogens is 6. The number of rotatable bonds is 6. The molecule has 1 atom stereocenters. The predicted octanol–water partition coefficient (Wildman–Crippen LogP) is 4.60. The Balaban J connectivity index is 1.46. The highest BCUT2D eigenvalue weighted by molar-refractivity contribution is 7.15. The highest BCUT2D eigenvalue weighted by atomic mass is 35.5. The van der Waals surface area contributed by atoms with Gasteiger partial charge in [-0.3, -0.25) is 9.36 Å². The second-order valence-corrected chi connectivity index (χ2v) is 7.95. The number of halogens is 1. The Morgan fingerprint density at radius 1 is 1.11 bits per heavy atom. The average molecular weight is 414 g/mol. The van der Waals surface area contributed by atoms with Gasteiger partial charge in [0, 0.05) is 12.3 Å². The summed E-state index contributed by atoms with van der Waals surface area (Å²) in [6.45, 7) is 6.62. The average Bonchev–Trinajstić information content (AvgIpc) is 3.40. The van der Waals surface area contributed by atoms with Crippen molar-refractivity contribution < 1.29 is 0 Å². The summed E-state index contributed by atoms with van der Waals surface area (Å²) in [6.07, 6.45) is 1.94. The van der Waals surface area contributed by atoms with Crippen LogP contribution in [0.15, 0.2) is 42.6 Å². The summed E-state index contributed by atoms with van der Waals surface area (Å²) in [5, 5.41) is 23.1. The minimum absolute atomic E-state index is 0.0464. The van der Waals surface area contributed by atoms with Crippen LogP contribution in [0.4, 0.5) is 10.9 Å². The van der Waals surface area contributed by atoms with E-state index in [9.17, 15) is 0 Å². The molecule has 28 heavy (non-hydrogen) atoms. The number of benzene rings is 1. The van der Waals surface area contributed by atoms with Gasteiger partial charge < -0.3 is 5.32 Å². The zero-order chi connectivity index (χ0) is 19.7. The standard InChI is InChI=1S/C19H20ClN7S/c1-12-17(20)13(2)27(24-12)14(3)18-22-23-19(28-18)21-16-9-10-26(25-16)11-15-7-5-4-6-8-15/h4-10,14H,11H2,1-3H3,(H,21,23,25)/t14-/m1/s1. The first-order valence-corrected chi connectivity index (χ1v) is 10.1. The van der Waals surface area contributed by atoms with Crippen molar-refractivity contribution in [2.24, 2.45) is 0 Å². The fraction of sp³-hybridized carbons (Fsp3) is 0.263. The number of nitrogens with zero attached hydrogens (tertiary/aromatic N) is 6. The lowest BCUT2D eigenvalue weighted by atomic mass is 10.2. The van der Waals surface area contributed by atoms with Crippen molar-refractivity contribution in [3.05, 3.63) is 69.6 Å². The van der Waals surface area contributed by atoms with E-state index in [1.165, 1.54) is 16.9 Å². The lowest BCUT2D eigenvalue weighted by molar-refractivity contribution is 0.540. The second-order valence-electron chi connectivity index (χ2n) is 6.56. The molecule has 144 valence electrons. The van der Waals surface area contributed by atoms with Gasteiger partial charge in [-0.25, -0.2) is 0 Å². The molecule has 7 nitrogen and oxygen atoms in total. The summed E-state index contributed by atoms with van der Waals surface area (Å²) < 4.78 is 3.77. The van der Waals surface area contributed by atoms with Gasteiger partial charge in [-0.2, -0.15) is 10.2 Å². The molecule has 1 N–H and O–H groups in total. The summed E-state index contributed by atoms with van der Waals surface area (Å²) in [6, 6.07) is 12.1. The third-order valence-corrected chi connectivity index (χ3v) is 6.02. The molecule has 3 aromatic heterocycles. The summed E-state index contributed by atoms with van der Waals surface area (Å²) in [5.74, 6) is 0.737. The Kier molecular flexibility index (Phi) is 5.15. The Labute approximate surface area is 172 Å². The van der Waals surface area contributed by atoms with Crippen LogP contribution in [0.1, 0.15) is 34.9 Å². The first-order valence-electron chi connectivity index (χ1n) is 8.90. The molecule has 0 saturated heterocycles. The Morgan fingerprint density at radius 2 is 1.89 bits per heavy atom. The van der Waals surface area contributed by atoms with Crippen molar-refractivity contribution >= 4 is 33.9 Å². The van der Waals surface area contributed by atoms with Crippen LogP contribution in [-0.2, 0) is 6.54 Å². The molecule has 0 aliphatic rings. The van der Waals surface area contributed by atoms with Crippen LogP contribution >= 0.6 is 22.9 Å². The third kappa shape index (κ3) is 3.79. The first-order chi connectivity index (χ1) is 13.5. The zero-order valence-electron chi connectivity index (χ0n) is 15.8. The molecule has 0 spiro atoms. The van der Waals surface area contributed by atoms with E-state index in [1.807, 2.05) is 60.6 Å². The van der Waals surface area contributed by atoms with Crippen LogP contribution in [0.25, 0.3) is 0 Å². The van der Waals surface area contributed by atoms with Crippen molar-refractivity contribution in [3.8, 4) is 0 Å². The molecule has 1 aromatic carbocycles. The first kappa shape index (κ1) is 18.6. The topological polar surface area (TPSA) is 73.5 Å². The fourth-order valence-corrected chi connectivity index (χ4v) is 3.89. The van der Waals surface area contributed by atoms with Crippen LogP contribution in [0, 0.1) is 13.8 Å². The van der Waals surface area contributed by atoms with Crippen molar-refractivity contribution in [2.45, 2.75) is 33.4 Å². The van der Waals surface area contributed by atoms with Gasteiger partial charge >= 0.3 is 0 Å². The van der Waals surface area contributed by atoms with Gasteiger partial charge in [-0.1, -0.05) is 53.3 Å². The lowest BCUT2D eigenvalue weighted by Crippen LogP contribution is -2.10. The SMILES string of the molecule is Cc1nn([C@H](C)c2nnc(Nc3ccn(Cc4ccccc4)n3)s2)c(C)c1Cl. The minimum Gasteiger partial charge on any atom is -0.313 e. The van der Waals surface area contributed by atoms with Crippen molar-refractivity contribution in [1.82, 2.24) is 29.8 Å². The molecule has 0 fully saturated rings. The van der Waals surface area contributed by atoms with Gasteiger partial charge in [0.05, 0.1) is 23.0 Å². The highest BCUT2D eigenvalue weighted by Gasteiger charge is 2.19. The molecular formula is C19H20ClN7S. The molecule has 3 heterocycles. The van der Waals surface area contributed by atoms with Crippen molar-refractivity contribution in [1.29, 1.82) is 0 Å². The van der Waals surface area contributed by atoms with E-state index in [0.717, 1.165) is 28.8 Å². The molecule has 0 aliphatic carbocycles. The minimum atomic E-state index is -0.0464. The van der Waals surface area contributed by atoms with Gasteiger partial charge in [0.1, 0.15) is 11.0 Å². The molecule has 0 saturated carbocycles. The number of hydrogen-bond acceptors (Lipinski definition) is 6. The third-order valence-electron chi connectivity index (χ3n) is 4.46. The van der Waals surface area contributed by atoms with E-state index in [-0.39, 0.29) is 6.04 Å². The second kappa shape index (κ2) is 7.73. The van der Waals surface area contributed by atoms with Gasteiger partial charge in [-0.05, 0) is 26.3 Å². The molecule has 0 bridgehead atoms. The van der Waals surface area contributed by atoms with E-state index in [4.69, 9.17) is 11.6 Å². The zero-order valence-corrected chi connectivity index (χ0v) is 17.4. The fourth-order valence-electron chi connectivity index (χ4n) is 2.97. The monoisotopic (exact) mass is 413 g/mol. The highest BCUT2D eigenvalue weighted by Crippen LogP contribution is 2.29. The van der Waals surface area contributed by atoms with E-state index in [0.29, 0.717) is 10.2 Å². The number of hydrogen-bond donors (Lipinski definition) is 1. The van der Waals surface area contributed by atoms with Crippen LogP contribution in [-0.4, -0.2) is 29.8 Å². The Morgan fingerprint density at radius 3 is 2.61 bits per heavy atom. The smallest absolute Gasteiger partial charge is 0.211 e. The van der Waals surface area contributed by atoms with E-state index < -0.39 is 0 Å². The van der Waals surface area contributed by atoms with Gasteiger partial charge in [0.15, 0.2) is 5.82 Å². The van der Waals surface area contributed by atoms with Crippen LogP contribution in [0.2, 0.25) is 5.02 Å². The maximum absolute atomic E-state index is 6.26. The van der Waals surface area contributed by atoms with E-state index in [2.05, 4.69) is 37.8 Å². The summed E-state index contributed by atoms with van der Waals surface area (Å²) >= 11 is 7.75. The normalized spacial score (nSPS) is 12.3. The van der Waals surface area contributed by atoms with Gasteiger partial charge in [0.25, 0.3) is 0 Å². The molecule has 0 unspecified atom stereocenters. The predicted molar refractivity (Wildman–Crippen MR) is 111 cm³/mol. The maximum atomic E-state index is 6.26. The number of anilines is 2. The molecule has 4 rings (SSSR count). The largest absolute Gasteiger partial charge is 0.313 e. The summed E-state index contributed by atoms with van der Waals surface area (Å²) in [5.41, 5.74) is 2.95. The van der Waals surface area contributed by atoms with Gasteiger partial charge in [0.2, 0.25) is 5.13 Å². The molecule has 0 aliphatic heterocycles. The van der Waals surface area contributed by atoms with Gasteiger partial charge in [-0.15, -0.1) is 10.2 Å². The number of aryl methyl sites for hydroxylation is 1. The van der Waals surface area contributed by atoms with Crippen LogP contribution < -0.4 is 5.32 Å². The summed E-state index contributed by atoms with van der Waals surface area (Å²) in [4.78, 5) is 0. The van der Waals surface area contributed by atoms with Crippen molar-refractivity contribution in [2.75, 3.05) is 5.32 Å². The van der Waals surface area contributed by atoms with Crippen LogP contribution in [0.5, 0.6) is 0 Å². The Bertz CT molecular complexity index is 1080. The molecule has 9 heteroatoms. The molecule has 4 aromatic rings. The maximum Gasteiger partial charge on any atom is 0.211 e. The Hall–Kier alpha value is -2.71. The van der Waals surface area contributed by atoms with Crippen LogP contribution in [0.3, 0.4) is 0 Å². The lowest BCUT2D eigenvalue weighted by Gasteiger charge is -2.10. The number of nitrogens with one attached hydrogen (secondary N) is 1. The summed E-state index contributed by atoms with van der Waals surface area (Å²) in [7, 11) is 0. The van der Waals surface area contributed by atoms with Crippen molar-refractivity contribution in [3.63, 3.8) is 0 Å². The van der Waals surface area contributed by atoms with E-state index in [1.54, 1.807) is 0 Å². The quantitative estimate of drug-likeness (QED) is 0.500. The van der Waals surface area contributed by atoms with E-state index >= 15 is 0 Å². The molecule has 0 radical (unpaired) electrons.